The predicted octanol–water partition coefficient (Wildman–Crippen LogP) is 6.48. The van der Waals surface area contributed by atoms with Crippen molar-refractivity contribution in [3.05, 3.63) is 71.3 Å². The minimum Gasteiger partial charge on any atom is -0.496 e. The number of anilines is 2. The summed E-state index contributed by atoms with van der Waals surface area (Å²) in [5, 5.41) is 0. The Balaban J connectivity index is 1.56. The highest BCUT2D eigenvalue weighted by Crippen LogP contribution is 2.52. The molecule has 0 aliphatic carbocycles. The molecule has 5 rings (SSSR count). The van der Waals surface area contributed by atoms with E-state index in [1.165, 1.54) is 17.7 Å². The molecule has 2 amide bonds. The number of unbranched alkanes of at least 4 members (excludes halogenated alkanes) is 3. The standard InChI is InChI=1S/C29H29N2O4S/c1-4-5-6-9-16-30-23-13-12-19(34-2)17-26(23)36-27-22(25(35-3)15-14-24(27)30)18-31-28(32)20-10-7-8-11-21(20)29(31)33/h7-8,10-15H,4-6,9,16,18H2,1-3H3. The average molecular weight is 502 g/mol. The lowest BCUT2D eigenvalue weighted by Crippen LogP contribution is -2.30. The first-order valence-corrected chi connectivity index (χ1v) is 13.1. The van der Waals surface area contributed by atoms with Gasteiger partial charge in [-0.25, -0.2) is 0 Å². The van der Waals surface area contributed by atoms with Crippen molar-refractivity contribution >= 4 is 35.0 Å². The SMILES string of the molecule is CCCCCCN1c2ccc(OC)[c]c2Sc2c1ccc(OC)c2CN1C(=O)c2ccccc2C1=O. The van der Waals surface area contributed by atoms with Gasteiger partial charge in [-0.15, -0.1) is 0 Å². The molecular weight excluding hydrogens is 472 g/mol. The molecule has 6 nitrogen and oxygen atoms in total. The van der Waals surface area contributed by atoms with Crippen molar-refractivity contribution in [1.29, 1.82) is 0 Å². The average Bonchev–Trinajstić information content (AvgIpc) is 3.15. The third kappa shape index (κ3) is 4.22. The molecule has 2 aliphatic heterocycles. The van der Waals surface area contributed by atoms with Crippen LogP contribution in [-0.4, -0.2) is 37.5 Å². The van der Waals surface area contributed by atoms with Gasteiger partial charge in [0.25, 0.3) is 11.8 Å². The zero-order chi connectivity index (χ0) is 25.2. The first-order chi connectivity index (χ1) is 17.6. The lowest BCUT2D eigenvalue weighted by Gasteiger charge is -2.35. The Morgan fingerprint density at radius 3 is 2.22 bits per heavy atom. The van der Waals surface area contributed by atoms with Gasteiger partial charge in [-0.1, -0.05) is 50.1 Å². The molecule has 0 saturated heterocycles. The van der Waals surface area contributed by atoms with E-state index in [9.17, 15) is 9.59 Å². The summed E-state index contributed by atoms with van der Waals surface area (Å²) in [7, 11) is 3.26. The van der Waals surface area contributed by atoms with Crippen molar-refractivity contribution in [2.75, 3.05) is 25.7 Å². The van der Waals surface area contributed by atoms with Crippen molar-refractivity contribution in [2.24, 2.45) is 0 Å². The molecule has 2 aliphatic rings. The number of amides is 2. The Kier molecular flexibility index (Phi) is 6.92. The molecule has 0 spiro atoms. The number of rotatable bonds is 9. The molecule has 1 radical (unpaired) electrons. The van der Waals surface area contributed by atoms with Crippen molar-refractivity contribution in [3.63, 3.8) is 0 Å². The van der Waals surface area contributed by atoms with Crippen LogP contribution in [0.15, 0.2) is 58.3 Å². The lowest BCUT2D eigenvalue weighted by molar-refractivity contribution is 0.0640. The Hall–Kier alpha value is -3.45. The molecular formula is C29H29N2O4S. The van der Waals surface area contributed by atoms with Crippen molar-refractivity contribution in [2.45, 2.75) is 48.9 Å². The van der Waals surface area contributed by atoms with Gasteiger partial charge in [-0.3, -0.25) is 14.5 Å². The maximum atomic E-state index is 13.2. The molecule has 2 heterocycles. The van der Waals surface area contributed by atoms with E-state index in [0.717, 1.165) is 46.1 Å². The first-order valence-electron chi connectivity index (χ1n) is 12.3. The van der Waals surface area contributed by atoms with Crippen LogP contribution < -0.4 is 14.4 Å². The summed E-state index contributed by atoms with van der Waals surface area (Å²) in [5.41, 5.74) is 3.84. The van der Waals surface area contributed by atoms with Gasteiger partial charge < -0.3 is 14.4 Å². The second kappa shape index (κ2) is 10.3. The van der Waals surface area contributed by atoms with E-state index >= 15 is 0 Å². The number of imide groups is 1. The Morgan fingerprint density at radius 2 is 1.56 bits per heavy atom. The highest BCUT2D eigenvalue weighted by molar-refractivity contribution is 7.99. The predicted molar refractivity (Wildman–Crippen MR) is 141 cm³/mol. The smallest absolute Gasteiger partial charge is 0.261 e. The molecule has 185 valence electrons. The van der Waals surface area contributed by atoms with Gasteiger partial charge in [0, 0.05) is 28.0 Å². The van der Waals surface area contributed by atoms with Crippen molar-refractivity contribution < 1.29 is 19.1 Å². The Bertz CT molecular complexity index is 1290. The van der Waals surface area contributed by atoms with Crippen LogP contribution in [0.25, 0.3) is 0 Å². The number of hydrogen-bond donors (Lipinski definition) is 0. The number of ether oxygens (including phenoxy) is 2. The topological polar surface area (TPSA) is 59.1 Å². The second-order valence-corrected chi connectivity index (χ2v) is 9.91. The van der Waals surface area contributed by atoms with Crippen molar-refractivity contribution in [1.82, 2.24) is 4.90 Å². The fourth-order valence-electron chi connectivity index (χ4n) is 4.83. The van der Waals surface area contributed by atoms with Crippen molar-refractivity contribution in [3.8, 4) is 11.5 Å². The number of nitrogens with zero attached hydrogens (tertiary/aromatic N) is 2. The molecule has 0 N–H and O–H groups in total. The summed E-state index contributed by atoms with van der Waals surface area (Å²) in [6, 6.07) is 18.4. The fraction of sp³-hybridized carbons (Fsp3) is 0.310. The maximum Gasteiger partial charge on any atom is 0.261 e. The maximum absolute atomic E-state index is 13.2. The van der Waals surface area contributed by atoms with Crippen LogP contribution in [-0.2, 0) is 6.54 Å². The molecule has 0 aromatic heterocycles. The summed E-state index contributed by atoms with van der Waals surface area (Å²) in [5.74, 6) is 0.762. The Labute approximate surface area is 216 Å². The summed E-state index contributed by atoms with van der Waals surface area (Å²) >= 11 is 1.58. The van der Waals surface area contributed by atoms with Crippen LogP contribution >= 0.6 is 11.8 Å². The van der Waals surface area contributed by atoms with Gasteiger partial charge in [0.2, 0.25) is 0 Å². The number of benzene rings is 3. The number of fused-ring (bicyclic) bond motifs is 3. The third-order valence-corrected chi connectivity index (χ3v) is 7.89. The zero-order valence-electron chi connectivity index (χ0n) is 20.8. The van der Waals surface area contributed by atoms with Crippen LogP contribution in [0.5, 0.6) is 11.5 Å². The highest BCUT2D eigenvalue weighted by Gasteiger charge is 2.37. The number of carbonyl (C=O) groups excluding carboxylic acids is 2. The minimum atomic E-state index is -0.277. The number of carbonyl (C=O) groups is 2. The minimum absolute atomic E-state index is 0.134. The van der Waals surface area contributed by atoms with Gasteiger partial charge in [0.05, 0.1) is 43.3 Å². The summed E-state index contributed by atoms with van der Waals surface area (Å²) in [6.45, 7) is 3.20. The molecule has 0 atom stereocenters. The molecule has 36 heavy (non-hydrogen) atoms. The van der Waals surface area contributed by atoms with Gasteiger partial charge in [-0.2, -0.15) is 0 Å². The highest BCUT2D eigenvalue weighted by atomic mass is 32.2. The van der Waals surface area contributed by atoms with Crippen LogP contribution in [0.4, 0.5) is 11.4 Å². The summed E-state index contributed by atoms with van der Waals surface area (Å²) < 4.78 is 11.2. The van der Waals surface area contributed by atoms with Crippen LogP contribution in [0.2, 0.25) is 0 Å². The monoisotopic (exact) mass is 501 g/mol. The number of hydrogen-bond acceptors (Lipinski definition) is 6. The van der Waals surface area contributed by atoms with Crippen LogP contribution in [0, 0.1) is 6.07 Å². The summed E-state index contributed by atoms with van der Waals surface area (Å²) in [6.07, 6.45) is 4.59. The fourth-order valence-corrected chi connectivity index (χ4v) is 6.04. The normalized spacial score (nSPS) is 14.0. The first kappa shape index (κ1) is 24.3. The van der Waals surface area contributed by atoms with E-state index in [-0.39, 0.29) is 18.4 Å². The molecule has 0 fully saturated rings. The van der Waals surface area contributed by atoms with E-state index in [4.69, 9.17) is 9.47 Å². The van der Waals surface area contributed by atoms with Crippen LogP contribution in [0.1, 0.15) is 58.9 Å². The quantitative estimate of drug-likeness (QED) is 0.247. The third-order valence-electron chi connectivity index (χ3n) is 6.71. The van der Waals surface area contributed by atoms with E-state index in [1.54, 1.807) is 50.2 Å². The van der Waals surface area contributed by atoms with E-state index < -0.39 is 0 Å². The largest absolute Gasteiger partial charge is 0.496 e. The molecule has 3 aromatic rings. The van der Waals surface area contributed by atoms with E-state index in [0.29, 0.717) is 22.6 Å². The van der Waals surface area contributed by atoms with E-state index in [2.05, 4.69) is 30.0 Å². The second-order valence-electron chi connectivity index (χ2n) is 8.89. The lowest BCUT2D eigenvalue weighted by atomic mass is 10.1. The molecule has 0 unspecified atom stereocenters. The zero-order valence-corrected chi connectivity index (χ0v) is 21.6. The summed E-state index contributed by atoms with van der Waals surface area (Å²) in [4.78, 5) is 31.9. The molecule has 0 saturated carbocycles. The molecule has 7 heteroatoms. The van der Waals surface area contributed by atoms with Gasteiger partial charge >= 0.3 is 0 Å². The molecule has 0 bridgehead atoms. The van der Waals surface area contributed by atoms with Gasteiger partial charge in [0.1, 0.15) is 11.5 Å². The Morgan fingerprint density at radius 1 is 0.833 bits per heavy atom. The molecule has 3 aromatic carbocycles. The van der Waals surface area contributed by atoms with Gasteiger partial charge in [0.15, 0.2) is 0 Å². The van der Waals surface area contributed by atoms with E-state index in [1.807, 2.05) is 12.1 Å². The van der Waals surface area contributed by atoms with Gasteiger partial charge in [-0.05, 0) is 42.8 Å². The van der Waals surface area contributed by atoms with Crippen LogP contribution in [0.3, 0.4) is 0 Å². The number of methoxy groups -OCH3 is 2.